The van der Waals surface area contributed by atoms with Gasteiger partial charge in [-0.3, -0.25) is 14.4 Å². The average molecular weight is 366 g/mol. The van der Waals surface area contributed by atoms with Crippen LogP contribution in [0.15, 0.2) is 16.8 Å². The summed E-state index contributed by atoms with van der Waals surface area (Å²) in [6.07, 6.45) is 0.723. The van der Waals surface area contributed by atoms with Crippen LogP contribution in [0.4, 0.5) is 0 Å². The normalized spacial score (nSPS) is 16.5. The summed E-state index contributed by atoms with van der Waals surface area (Å²) in [5.41, 5.74) is 6.46. The predicted octanol–water partition coefficient (Wildman–Crippen LogP) is 0.522. The van der Waals surface area contributed by atoms with Gasteiger partial charge in [-0.15, -0.1) is 0 Å². The summed E-state index contributed by atoms with van der Waals surface area (Å²) >= 11 is 1.49. The third-order valence-corrected chi connectivity index (χ3v) is 5.02. The SMILES string of the molecule is CC(C)[C@H](N)C(=O)NCC(=O)N1CCCN(C(=O)c2ccsc2)CC1. The lowest BCUT2D eigenvalue weighted by molar-refractivity contribution is -0.133. The molecule has 0 spiro atoms. The van der Waals surface area contributed by atoms with Crippen LogP contribution in [0.5, 0.6) is 0 Å². The van der Waals surface area contributed by atoms with Crippen LogP contribution in [0.3, 0.4) is 0 Å². The van der Waals surface area contributed by atoms with Crippen molar-refractivity contribution in [3.63, 3.8) is 0 Å². The Kier molecular flexibility index (Phi) is 6.95. The molecule has 2 rings (SSSR count). The molecule has 138 valence electrons. The topological polar surface area (TPSA) is 95.7 Å². The van der Waals surface area contributed by atoms with Crippen molar-refractivity contribution in [3.05, 3.63) is 22.4 Å². The summed E-state index contributed by atoms with van der Waals surface area (Å²) in [6, 6.07) is 1.20. The molecule has 0 unspecified atom stereocenters. The van der Waals surface area contributed by atoms with E-state index in [0.29, 0.717) is 31.7 Å². The lowest BCUT2D eigenvalue weighted by Crippen LogP contribution is -2.48. The molecule has 1 aliphatic heterocycles. The Morgan fingerprint density at radius 3 is 2.52 bits per heavy atom. The number of amides is 3. The molecule has 1 fully saturated rings. The van der Waals surface area contributed by atoms with Gasteiger partial charge in [-0.1, -0.05) is 13.8 Å². The first-order valence-corrected chi connectivity index (χ1v) is 9.47. The average Bonchev–Trinajstić information content (AvgIpc) is 3.02. The number of thiophene rings is 1. The lowest BCUT2D eigenvalue weighted by Gasteiger charge is -2.22. The van der Waals surface area contributed by atoms with E-state index in [0.717, 1.165) is 6.42 Å². The highest BCUT2D eigenvalue weighted by atomic mass is 32.1. The zero-order valence-corrected chi connectivity index (χ0v) is 15.6. The van der Waals surface area contributed by atoms with Gasteiger partial charge in [0.2, 0.25) is 11.8 Å². The van der Waals surface area contributed by atoms with E-state index in [2.05, 4.69) is 5.32 Å². The molecule has 1 atom stereocenters. The number of carbonyl (C=O) groups excluding carboxylic acids is 3. The smallest absolute Gasteiger partial charge is 0.254 e. The number of rotatable bonds is 5. The molecule has 1 saturated heterocycles. The van der Waals surface area contributed by atoms with Gasteiger partial charge in [0.25, 0.3) is 5.91 Å². The third kappa shape index (κ3) is 5.27. The molecule has 1 aromatic heterocycles. The standard InChI is InChI=1S/C17H26N4O3S/c1-12(2)15(18)16(23)19-10-14(22)20-5-3-6-21(8-7-20)17(24)13-4-9-25-11-13/h4,9,11-12,15H,3,5-8,10,18H2,1-2H3,(H,19,23)/t15-/m0/s1. The summed E-state index contributed by atoms with van der Waals surface area (Å²) in [7, 11) is 0. The van der Waals surface area contributed by atoms with Crippen molar-refractivity contribution in [1.82, 2.24) is 15.1 Å². The molecule has 0 bridgehead atoms. The molecule has 7 nitrogen and oxygen atoms in total. The van der Waals surface area contributed by atoms with Crippen molar-refractivity contribution >= 4 is 29.1 Å². The number of nitrogens with one attached hydrogen (secondary N) is 1. The van der Waals surface area contributed by atoms with E-state index in [1.165, 1.54) is 11.3 Å². The number of carbonyl (C=O) groups is 3. The van der Waals surface area contributed by atoms with Crippen LogP contribution < -0.4 is 11.1 Å². The van der Waals surface area contributed by atoms with Gasteiger partial charge in [0.1, 0.15) is 0 Å². The Labute approximate surface area is 152 Å². The van der Waals surface area contributed by atoms with Gasteiger partial charge in [0, 0.05) is 31.6 Å². The minimum absolute atomic E-state index is 0.00626. The first kappa shape index (κ1) is 19.4. The highest BCUT2D eigenvalue weighted by molar-refractivity contribution is 7.08. The fraction of sp³-hybridized carbons (Fsp3) is 0.588. The van der Waals surface area contributed by atoms with Crippen molar-refractivity contribution in [3.8, 4) is 0 Å². The van der Waals surface area contributed by atoms with E-state index < -0.39 is 6.04 Å². The fourth-order valence-electron chi connectivity index (χ4n) is 2.63. The van der Waals surface area contributed by atoms with Crippen LogP contribution in [0.1, 0.15) is 30.6 Å². The molecule has 0 aliphatic carbocycles. The summed E-state index contributed by atoms with van der Waals surface area (Å²) in [5.74, 6) is -0.432. The van der Waals surface area contributed by atoms with Crippen LogP contribution in [0.25, 0.3) is 0 Å². The molecule has 0 saturated carbocycles. The number of nitrogens with two attached hydrogens (primary N) is 1. The quantitative estimate of drug-likeness (QED) is 0.794. The third-order valence-electron chi connectivity index (χ3n) is 4.34. The summed E-state index contributed by atoms with van der Waals surface area (Å²) in [6.45, 7) is 5.85. The summed E-state index contributed by atoms with van der Waals surface area (Å²) in [5, 5.41) is 6.32. The Hall–Kier alpha value is -1.93. The van der Waals surface area contributed by atoms with Crippen LogP contribution in [-0.2, 0) is 9.59 Å². The molecular formula is C17H26N4O3S. The molecule has 2 heterocycles. The highest BCUT2D eigenvalue weighted by Gasteiger charge is 2.24. The van der Waals surface area contributed by atoms with Crippen molar-refractivity contribution in [1.29, 1.82) is 0 Å². The first-order valence-electron chi connectivity index (χ1n) is 8.52. The number of nitrogens with zero attached hydrogens (tertiary/aromatic N) is 2. The van der Waals surface area contributed by atoms with Gasteiger partial charge < -0.3 is 20.9 Å². The monoisotopic (exact) mass is 366 g/mol. The Morgan fingerprint density at radius 1 is 1.20 bits per heavy atom. The Bertz CT molecular complexity index is 603. The second-order valence-electron chi connectivity index (χ2n) is 6.53. The van der Waals surface area contributed by atoms with Gasteiger partial charge in [-0.05, 0) is 23.8 Å². The Morgan fingerprint density at radius 2 is 1.88 bits per heavy atom. The molecule has 1 aliphatic rings. The van der Waals surface area contributed by atoms with Crippen molar-refractivity contribution < 1.29 is 14.4 Å². The van der Waals surface area contributed by atoms with Crippen LogP contribution in [0, 0.1) is 5.92 Å². The van der Waals surface area contributed by atoms with Crippen LogP contribution in [0.2, 0.25) is 0 Å². The van der Waals surface area contributed by atoms with Crippen LogP contribution >= 0.6 is 11.3 Å². The highest BCUT2D eigenvalue weighted by Crippen LogP contribution is 2.12. The fourth-order valence-corrected chi connectivity index (χ4v) is 3.26. The van der Waals surface area contributed by atoms with E-state index >= 15 is 0 Å². The molecular weight excluding hydrogens is 340 g/mol. The van der Waals surface area contributed by atoms with Crippen molar-refractivity contribution in [2.75, 3.05) is 32.7 Å². The zero-order valence-electron chi connectivity index (χ0n) is 14.7. The lowest BCUT2D eigenvalue weighted by atomic mass is 10.1. The van der Waals surface area contributed by atoms with Gasteiger partial charge in [0.05, 0.1) is 18.2 Å². The van der Waals surface area contributed by atoms with Crippen molar-refractivity contribution in [2.24, 2.45) is 11.7 Å². The minimum atomic E-state index is -0.615. The second kappa shape index (κ2) is 8.96. The summed E-state index contributed by atoms with van der Waals surface area (Å²) in [4.78, 5) is 40.1. The van der Waals surface area contributed by atoms with Gasteiger partial charge in [-0.2, -0.15) is 11.3 Å². The molecule has 0 radical (unpaired) electrons. The van der Waals surface area contributed by atoms with Gasteiger partial charge in [0.15, 0.2) is 0 Å². The maximum absolute atomic E-state index is 12.4. The molecule has 1 aromatic rings. The second-order valence-corrected chi connectivity index (χ2v) is 7.31. The van der Waals surface area contributed by atoms with E-state index in [9.17, 15) is 14.4 Å². The van der Waals surface area contributed by atoms with E-state index in [-0.39, 0.29) is 30.2 Å². The predicted molar refractivity (Wildman–Crippen MR) is 97.2 cm³/mol. The largest absolute Gasteiger partial charge is 0.346 e. The first-order chi connectivity index (χ1) is 11.9. The van der Waals surface area contributed by atoms with Gasteiger partial charge in [-0.25, -0.2) is 0 Å². The van der Waals surface area contributed by atoms with Crippen LogP contribution in [-0.4, -0.2) is 66.3 Å². The Balaban J connectivity index is 1.83. The maximum atomic E-state index is 12.4. The number of hydrogen-bond donors (Lipinski definition) is 2. The molecule has 3 amide bonds. The molecule has 25 heavy (non-hydrogen) atoms. The number of hydrogen-bond acceptors (Lipinski definition) is 5. The zero-order chi connectivity index (χ0) is 18.4. The van der Waals surface area contributed by atoms with Crippen molar-refractivity contribution in [2.45, 2.75) is 26.3 Å². The van der Waals surface area contributed by atoms with E-state index in [1.807, 2.05) is 30.7 Å². The van der Waals surface area contributed by atoms with E-state index in [1.54, 1.807) is 9.80 Å². The molecule has 0 aromatic carbocycles. The minimum Gasteiger partial charge on any atom is -0.346 e. The molecule has 8 heteroatoms. The summed E-state index contributed by atoms with van der Waals surface area (Å²) < 4.78 is 0. The maximum Gasteiger partial charge on any atom is 0.254 e. The molecule has 3 N–H and O–H groups in total. The van der Waals surface area contributed by atoms with Gasteiger partial charge >= 0.3 is 0 Å². The van der Waals surface area contributed by atoms with E-state index in [4.69, 9.17) is 5.73 Å².